The highest BCUT2D eigenvalue weighted by atomic mass is 16.1. The molecular formula is C14H16N2O2. The molecule has 0 aliphatic carbocycles. The van der Waals surface area contributed by atoms with Gasteiger partial charge in [0.25, 0.3) is 0 Å². The Bertz CT molecular complexity index is 471. The maximum Gasteiger partial charge on any atom is 0.200 e. The molecule has 0 saturated heterocycles. The van der Waals surface area contributed by atoms with Crippen LogP contribution in [0.3, 0.4) is 0 Å². The predicted octanol–water partition coefficient (Wildman–Crippen LogP) is 2.76. The molecule has 1 heterocycles. The number of hydrogen-bond acceptors (Lipinski definition) is 4. The summed E-state index contributed by atoms with van der Waals surface area (Å²) >= 11 is 0. The van der Waals surface area contributed by atoms with Gasteiger partial charge in [-0.2, -0.15) is 0 Å². The number of nitrogens with zero attached hydrogens (tertiary/aromatic N) is 2. The van der Waals surface area contributed by atoms with E-state index in [4.69, 9.17) is 0 Å². The van der Waals surface area contributed by atoms with E-state index in [1.807, 2.05) is 6.92 Å². The summed E-state index contributed by atoms with van der Waals surface area (Å²) < 4.78 is 0. The van der Waals surface area contributed by atoms with Crippen molar-refractivity contribution >= 4 is 11.6 Å². The van der Waals surface area contributed by atoms with E-state index in [9.17, 15) is 9.59 Å². The van der Waals surface area contributed by atoms with Gasteiger partial charge in [-0.05, 0) is 18.9 Å². The first-order valence-corrected chi connectivity index (χ1v) is 5.91. The van der Waals surface area contributed by atoms with Gasteiger partial charge in [0.1, 0.15) is 0 Å². The van der Waals surface area contributed by atoms with Crippen LogP contribution in [-0.2, 0) is 0 Å². The molecule has 0 bridgehead atoms. The van der Waals surface area contributed by atoms with Crippen LogP contribution in [0.4, 0.5) is 0 Å². The lowest BCUT2D eigenvalue weighted by Gasteiger charge is -2.00. The van der Waals surface area contributed by atoms with E-state index in [0.29, 0.717) is 24.8 Å². The molecule has 0 spiro atoms. The lowest BCUT2D eigenvalue weighted by molar-refractivity contribution is 0.0962. The van der Waals surface area contributed by atoms with Crippen LogP contribution in [0.1, 0.15) is 53.6 Å². The Morgan fingerprint density at radius 2 is 1.94 bits per heavy atom. The molecular weight excluding hydrogens is 228 g/mol. The van der Waals surface area contributed by atoms with E-state index in [1.54, 1.807) is 6.08 Å². The van der Waals surface area contributed by atoms with Gasteiger partial charge in [-0.15, -0.1) is 5.73 Å². The molecule has 4 nitrogen and oxygen atoms in total. The van der Waals surface area contributed by atoms with Crippen molar-refractivity contribution < 1.29 is 9.59 Å². The summed E-state index contributed by atoms with van der Waals surface area (Å²) in [6.07, 6.45) is 6.68. The lowest BCUT2D eigenvalue weighted by atomic mass is 10.1. The Hall–Kier alpha value is -2.06. The second-order valence-corrected chi connectivity index (χ2v) is 3.84. The van der Waals surface area contributed by atoms with Gasteiger partial charge in [0.05, 0.1) is 5.56 Å². The average Bonchev–Trinajstić information content (AvgIpc) is 2.39. The predicted molar refractivity (Wildman–Crippen MR) is 68.5 cm³/mol. The fraction of sp³-hybridized carbons (Fsp3) is 0.357. The molecule has 1 aromatic rings. The minimum Gasteiger partial charge on any atom is -0.294 e. The van der Waals surface area contributed by atoms with Crippen LogP contribution < -0.4 is 0 Å². The molecule has 0 saturated carbocycles. The molecule has 0 unspecified atom stereocenters. The van der Waals surface area contributed by atoms with E-state index < -0.39 is 0 Å². The normalized spacial score (nSPS) is 9.61. The smallest absolute Gasteiger partial charge is 0.200 e. The second-order valence-electron chi connectivity index (χ2n) is 3.84. The summed E-state index contributed by atoms with van der Waals surface area (Å²) in [4.78, 5) is 31.1. The Balaban J connectivity index is 2.67. The molecule has 1 rings (SSSR count). The molecule has 0 aliphatic heterocycles. The Labute approximate surface area is 106 Å². The summed E-state index contributed by atoms with van der Waals surface area (Å²) in [5, 5.41) is 0. The van der Waals surface area contributed by atoms with Crippen molar-refractivity contribution in [2.24, 2.45) is 0 Å². The largest absolute Gasteiger partial charge is 0.294 e. The standard InChI is InChI=1S/C14H16N2O2/c1-3-5-6-8-13(18)14-15-9-11(10-16-14)12(17)7-4-2/h5,9-10H,1,4,6-8H2,2H3. The van der Waals surface area contributed by atoms with Gasteiger partial charge >= 0.3 is 0 Å². The molecule has 94 valence electrons. The number of allylic oxidation sites excluding steroid dienone is 1. The maximum absolute atomic E-state index is 11.6. The monoisotopic (exact) mass is 244 g/mol. The van der Waals surface area contributed by atoms with Gasteiger partial charge in [-0.25, -0.2) is 9.97 Å². The number of ketones is 2. The van der Waals surface area contributed by atoms with Crippen molar-refractivity contribution in [2.75, 3.05) is 0 Å². The highest BCUT2D eigenvalue weighted by Crippen LogP contribution is 2.05. The third-order valence-corrected chi connectivity index (χ3v) is 2.36. The molecule has 0 aromatic carbocycles. The number of carbonyl (C=O) groups excluding carboxylic acids is 2. The number of carbonyl (C=O) groups is 2. The molecule has 0 radical (unpaired) electrons. The van der Waals surface area contributed by atoms with Gasteiger partial charge < -0.3 is 0 Å². The quantitative estimate of drug-likeness (QED) is 0.546. The first-order valence-electron chi connectivity index (χ1n) is 5.91. The minimum atomic E-state index is -0.143. The van der Waals surface area contributed by atoms with Gasteiger partial charge in [0.2, 0.25) is 0 Å². The second kappa shape index (κ2) is 7.30. The zero-order valence-electron chi connectivity index (χ0n) is 10.5. The van der Waals surface area contributed by atoms with Crippen LogP contribution in [0.25, 0.3) is 0 Å². The molecule has 4 heteroatoms. The third kappa shape index (κ3) is 4.07. The van der Waals surface area contributed by atoms with Crippen molar-refractivity contribution in [1.29, 1.82) is 0 Å². The van der Waals surface area contributed by atoms with Crippen LogP contribution in [-0.4, -0.2) is 21.5 Å². The van der Waals surface area contributed by atoms with Crippen molar-refractivity contribution in [1.82, 2.24) is 9.97 Å². The van der Waals surface area contributed by atoms with Crippen LogP contribution in [0, 0.1) is 0 Å². The summed E-state index contributed by atoms with van der Waals surface area (Å²) in [6, 6.07) is 0. The fourth-order valence-corrected chi connectivity index (χ4v) is 1.40. The number of Topliss-reactive ketones (excluding diaryl/α,β-unsaturated/α-hetero) is 2. The molecule has 18 heavy (non-hydrogen) atoms. The summed E-state index contributed by atoms with van der Waals surface area (Å²) in [7, 11) is 0. The van der Waals surface area contributed by atoms with E-state index in [2.05, 4.69) is 22.3 Å². The topological polar surface area (TPSA) is 59.9 Å². The van der Waals surface area contributed by atoms with Crippen molar-refractivity contribution in [2.45, 2.75) is 32.6 Å². The SMILES string of the molecule is C=C=CCCC(=O)c1ncc(C(=O)CCC)cn1. The summed E-state index contributed by atoms with van der Waals surface area (Å²) in [5.41, 5.74) is 3.06. The van der Waals surface area contributed by atoms with Crippen LogP contribution >= 0.6 is 0 Å². The van der Waals surface area contributed by atoms with E-state index in [1.165, 1.54) is 12.4 Å². The van der Waals surface area contributed by atoms with Gasteiger partial charge in [0, 0.05) is 25.2 Å². The van der Waals surface area contributed by atoms with Gasteiger partial charge in [0.15, 0.2) is 17.4 Å². The van der Waals surface area contributed by atoms with E-state index >= 15 is 0 Å². The third-order valence-electron chi connectivity index (χ3n) is 2.36. The highest BCUT2D eigenvalue weighted by molar-refractivity contribution is 5.96. The van der Waals surface area contributed by atoms with Crippen LogP contribution in [0.2, 0.25) is 0 Å². The van der Waals surface area contributed by atoms with Crippen molar-refractivity contribution in [3.8, 4) is 0 Å². The van der Waals surface area contributed by atoms with Gasteiger partial charge in [-0.1, -0.05) is 13.5 Å². The highest BCUT2D eigenvalue weighted by Gasteiger charge is 2.10. The Kier molecular flexibility index (Phi) is 5.68. The first kappa shape index (κ1) is 14.0. The zero-order valence-corrected chi connectivity index (χ0v) is 10.5. The number of hydrogen-bond donors (Lipinski definition) is 0. The van der Waals surface area contributed by atoms with E-state index in [0.717, 1.165) is 6.42 Å². The Morgan fingerprint density at radius 1 is 1.28 bits per heavy atom. The molecule has 1 aromatic heterocycles. The fourth-order valence-electron chi connectivity index (χ4n) is 1.40. The maximum atomic E-state index is 11.6. The lowest BCUT2D eigenvalue weighted by Crippen LogP contribution is -2.07. The van der Waals surface area contributed by atoms with Crippen molar-refractivity contribution in [3.05, 3.63) is 42.2 Å². The van der Waals surface area contributed by atoms with Crippen LogP contribution in [0.15, 0.2) is 30.8 Å². The molecule has 0 amide bonds. The summed E-state index contributed by atoms with van der Waals surface area (Å²) in [5.74, 6) is 0.0163. The molecule has 0 aliphatic rings. The number of rotatable bonds is 7. The first-order chi connectivity index (χ1) is 8.69. The summed E-state index contributed by atoms with van der Waals surface area (Å²) in [6.45, 7) is 5.35. The van der Waals surface area contributed by atoms with E-state index in [-0.39, 0.29) is 17.4 Å². The average molecular weight is 244 g/mol. The van der Waals surface area contributed by atoms with Crippen LogP contribution in [0.5, 0.6) is 0 Å². The Morgan fingerprint density at radius 3 is 2.50 bits per heavy atom. The zero-order chi connectivity index (χ0) is 13.4. The molecule has 0 atom stereocenters. The number of aromatic nitrogens is 2. The van der Waals surface area contributed by atoms with Crippen molar-refractivity contribution in [3.63, 3.8) is 0 Å². The van der Waals surface area contributed by atoms with Gasteiger partial charge in [-0.3, -0.25) is 9.59 Å². The minimum absolute atomic E-state index is 0.00564. The molecule has 0 fully saturated rings. The molecule has 0 N–H and O–H groups in total.